The fraction of sp³-hybridized carbons (Fsp3) is 0.273. The number of amides is 2. The lowest BCUT2D eigenvalue weighted by Crippen LogP contribution is -2.18. The summed E-state index contributed by atoms with van der Waals surface area (Å²) in [5.74, 6) is -0.296. The maximum Gasteiger partial charge on any atom is 0.272 e. The second kappa shape index (κ2) is 7.66. The Morgan fingerprint density at radius 2 is 1.70 bits per heavy atom. The van der Waals surface area contributed by atoms with Crippen LogP contribution in [0.1, 0.15) is 42.4 Å². The topological polar surface area (TPSA) is 63.1 Å². The van der Waals surface area contributed by atoms with Crippen LogP contribution in [0.15, 0.2) is 42.5 Å². The Hall–Kier alpha value is -3.08. The molecule has 3 aromatic rings. The molecule has 2 amide bonds. The molecule has 3 rings (SSSR count). The molecule has 0 unspecified atom stereocenters. The zero-order valence-electron chi connectivity index (χ0n) is 16.2. The first-order valence-corrected chi connectivity index (χ1v) is 9.25. The third kappa shape index (κ3) is 3.72. The molecule has 1 heterocycles. The van der Waals surface area contributed by atoms with E-state index < -0.39 is 0 Å². The van der Waals surface area contributed by atoms with Gasteiger partial charge in [0.15, 0.2) is 0 Å². The number of anilines is 2. The number of rotatable bonds is 5. The normalized spacial score (nSPS) is 10.8. The van der Waals surface area contributed by atoms with Crippen molar-refractivity contribution >= 4 is 34.1 Å². The van der Waals surface area contributed by atoms with Crippen LogP contribution in [0.3, 0.4) is 0 Å². The SMILES string of the molecule is CCc1ccc2c(c1)c(C)c(C(=O)Nc1cccc(NC(C)=O)c1)n2CC. The summed E-state index contributed by atoms with van der Waals surface area (Å²) in [5, 5.41) is 6.82. The number of hydrogen-bond acceptors (Lipinski definition) is 2. The molecule has 0 aliphatic carbocycles. The van der Waals surface area contributed by atoms with Crippen LogP contribution in [0, 0.1) is 6.92 Å². The molecule has 27 heavy (non-hydrogen) atoms. The van der Waals surface area contributed by atoms with Gasteiger partial charge in [-0.2, -0.15) is 0 Å². The number of aromatic nitrogens is 1. The maximum atomic E-state index is 13.1. The molecule has 0 fully saturated rings. The summed E-state index contributed by atoms with van der Waals surface area (Å²) in [7, 11) is 0. The first-order chi connectivity index (χ1) is 12.9. The molecule has 0 atom stereocenters. The fourth-order valence-electron chi connectivity index (χ4n) is 3.48. The van der Waals surface area contributed by atoms with E-state index in [0.717, 1.165) is 22.9 Å². The van der Waals surface area contributed by atoms with Crippen LogP contribution in [-0.2, 0) is 17.8 Å². The highest BCUT2D eigenvalue weighted by atomic mass is 16.2. The van der Waals surface area contributed by atoms with Crippen LogP contribution in [0.5, 0.6) is 0 Å². The van der Waals surface area contributed by atoms with E-state index >= 15 is 0 Å². The Balaban J connectivity index is 1.98. The van der Waals surface area contributed by atoms with E-state index in [1.807, 2.05) is 19.9 Å². The second-order valence-electron chi connectivity index (χ2n) is 6.64. The molecule has 0 aliphatic heterocycles. The number of benzene rings is 2. The molecular formula is C22H25N3O2. The second-order valence-corrected chi connectivity index (χ2v) is 6.64. The van der Waals surface area contributed by atoms with Crippen molar-refractivity contribution < 1.29 is 9.59 Å². The molecule has 0 bridgehead atoms. The zero-order chi connectivity index (χ0) is 19.6. The standard InChI is InChI=1S/C22H25N3O2/c1-5-16-10-11-20-19(12-16)14(3)21(25(20)6-2)22(27)24-18-9-7-8-17(13-18)23-15(4)26/h7-13H,5-6H2,1-4H3,(H,23,26)(H,24,27). The van der Waals surface area contributed by atoms with Crippen LogP contribution >= 0.6 is 0 Å². The lowest BCUT2D eigenvalue weighted by atomic mass is 10.1. The number of nitrogens with one attached hydrogen (secondary N) is 2. The summed E-state index contributed by atoms with van der Waals surface area (Å²) < 4.78 is 2.05. The summed E-state index contributed by atoms with van der Waals surface area (Å²) in [6, 6.07) is 13.5. The monoisotopic (exact) mass is 363 g/mol. The number of aryl methyl sites for hydroxylation is 3. The molecule has 0 radical (unpaired) electrons. The largest absolute Gasteiger partial charge is 0.337 e. The average molecular weight is 363 g/mol. The Bertz CT molecular complexity index is 1020. The molecule has 5 heteroatoms. The third-order valence-corrected chi connectivity index (χ3v) is 4.76. The van der Waals surface area contributed by atoms with Gasteiger partial charge in [-0.15, -0.1) is 0 Å². The molecule has 5 nitrogen and oxygen atoms in total. The number of carbonyl (C=O) groups excluding carboxylic acids is 2. The predicted octanol–water partition coefficient (Wildman–Crippen LogP) is 4.74. The Kier molecular flexibility index (Phi) is 5.31. The molecular weight excluding hydrogens is 338 g/mol. The van der Waals surface area contributed by atoms with Gasteiger partial charge < -0.3 is 15.2 Å². The molecule has 0 saturated heterocycles. The minimum absolute atomic E-state index is 0.146. The van der Waals surface area contributed by atoms with Gasteiger partial charge in [-0.3, -0.25) is 9.59 Å². The average Bonchev–Trinajstić information content (AvgIpc) is 2.92. The Labute approximate surface area is 159 Å². The van der Waals surface area contributed by atoms with Crippen LogP contribution < -0.4 is 10.6 Å². The minimum atomic E-state index is -0.149. The molecule has 0 aliphatic rings. The lowest BCUT2D eigenvalue weighted by Gasteiger charge is -2.11. The number of fused-ring (bicyclic) bond motifs is 1. The van der Waals surface area contributed by atoms with E-state index in [1.54, 1.807) is 18.2 Å². The van der Waals surface area contributed by atoms with E-state index in [1.165, 1.54) is 12.5 Å². The summed E-state index contributed by atoms with van der Waals surface area (Å²) in [4.78, 5) is 24.3. The number of nitrogens with zero attached hydrogens (tertiary/aromatic N) is 1. The fourth-order valence-corrected chi connectivity index (χ4v) is 3.48. The van der Waals surface area contributed by atoms with Gasteiger partial charge in [0.1, 0.15) is 5.69 Å². The van der Waals surface area contributed by atoms with E-state index in [-0.39, 0.29) is 11.8 Å². The van der Waals surface area contributed by atoms with Crippen molar-refractivity contribution in [2.75, 3.05) is 10.6 Å². The summed E-state index contributed by atoms with van der Waals surface area (Å²) in [5.41, 5.74) is 5.29. The molecule has 2 aromatic carbocycles. The van der Waals surface area contributed by atoms with Gasteiger partial charge in [-0.05, 0) is 61.7 Å². The van der Waals surface area contributed by atoms with Crippen molar-refractivity contribution in [2.24, 2.45) is 0 Å². The van der Waals surface area contributed by atoms with Gasteiger partial charge in [0, 0.05) is 35.7 Å². The van der Waals surface area contributed by atoms with Crippen molar-refractivity contribution in [1.82, 2.24) is 4.57 Å². The third-order valence-electron chi connectivity index (χ3n) is 4.76. The van der Waals surface area contributed by atoms with Crippen molar-refractivity contribution in [1.29, 1.82) is 0 Å². The van der Waals surface area contributed by atoms with Crippen LogP contribution in [-0.4, -0.2) is 16.4 Å². The van der Waals surface area contributed by atoms with Gasteiger partial charge in [0.05, 0.1) is 0 Å². The molecule has 140 valence electrons. The summed E-state index contributed by atoms with van der Waals surface area (Å²) in [6.07, 6.45) is 0.962. The van der Waals surface area contributed by atoms with E-state index in [2.05, 4.69) is 40.3 Å². The lowest BCUT2D eigenvalue weighted by molar-refractivity contribution is -0.114. The van der Waals surface area contributed by atoms with Crippen molar-refractivity contribution in [3.05, 3.63) is 59.3 Å². The minimum Gasteiger partial charge on any atom is -0.337 e. The highest BCUT2D eigenvalue weighted by Gasteiger charge is 2.20. The highest BCUT2D eigenvalue weighted by molar-refractivity contribution is 6.08. The van der Waals surface area contributed by atoms with Crippen LogP contribution in [0.2, 0.25) is 0 Å². The predicted molar refractivity (Wildman–Crippen MR) is 110 cm³/mol. The van der Waals surface area contributed by atoms with Crippen LogP contribution in [0.25, 0.3) is 10.9 Å². The summed E-state index contributed by atoms with van der Waals surface area (Å²) >= 11 is 0. The van der Waals surface area contributed by atoms with E-state index in [9.17, 15) is 9.59 Å². The Morgan fingerprint density at radius 3 is 2.33 bits per heavy atom. The van der Waals surface area contributed by atoms with Gasteiger partial charge in [0.2, 0.25) is 5.91 Å². The smallest absolute Gasteiger partial charge is 0.272 e. The highest BCUT2D eigenvalue weighted by Crippen LogP contribution is 2.28. The first kappa shape index (κ1) is 18.7. The molecule has 2 N–H and O–H groups in total. The van der Waals surface area contributed by atoms with Crippen molar-refractivity contribution in [2.45, 2.75) is 40.7 Å². The number of carbonyl (C=O) groups is 2. The van der Waals surface area contributed by atoms with E-state index in [4.69, 9.17) is 0 Å². The van der Waals surface area contributed by atoms with Gasteiger partial charge >= 0.3 is 0 Å². The first-order valence-electron chi connectivity index (χ1n) is 9.25. The van der Waals surface area contributed by atoms with Crippen molar-refractivity contribution in [3.8, 4) is 0 Å². The van der Waals surface area contributed by atoms with E-state index in [0.29, 0.717) is 23.6 Å². The van der Waals surface area contributed by atoms with Gasteiger partial charge in [-0.1, -0.05) is 19.1 Å². The van der Waals surface area contributed by atoms with Gasteiger partial charge in [0.25, 0.3) is 5.91 Å². The quantitative estimate of drug-likeness (QED) is 0.687. The molecule has 1 aromatic heterocycles. The van der Waals surface area contributed by atoms with Gasteiger partial charge in [-0.25, -0.2) is 0 Å². The Morgan fingerprint density at radius 1 is 1.00 bits per heavy atom. The van der Waals surface area contributed by atoms with Crippen LogP contribution in [0.4, 0.5) is 11.4 Å². The maximum absolute atomic E-state index is 13.1. The van der Waals surface area contributed by atoms with Crippen molar-refractivity contribution in [3.63, 3.8) is 0 Å². The summed E-state index contributed by atoms with van der Waals surface area (Å²) in [6.45, 7) is 8.34. The molecule has 0 spiro atoms. The number of hydrogen-bond donors (Lipinski definition) is 2. The zero-order valence-corrected chi connectivity index (χ0v) is 16.2. The molecule has 0 saturated carbocycles.